The normalized spacial score (nSPS) is 24.7. The molecule has 2 heterocycles. The van der Waals surface area contributed by atoms with E-state index >= 15 is 0 Å². The number of amides is 1. The number of carbonyl (C=O) groups excluding carboxylic acids is 1. The summed E-state index contributed by atoms with van der Waals surface area (Å²) in [6.45, 7) is 17.5. The van der Waals surface area contributed by atoms with Crippen LogP contribution in [0.15, 0.2) is 16.3 Å². The number of aliphatic imine (C=N–C) groups is 1. The van der Waals surface area contributed by atoms with Crippen LogP contribution in [0.5, 0.6) is 0 Å². The van der Waals surface area contributed by atoms with E-state index in [2.05, 4.69) is 44.8 Å². The fraction of sp³-hybridized carbons (Fsp3) is 0.789. The predicted octanol–water partition coefficient (Wildman–Crippen LogP) is 4.10. The molecule has 1 amide bonds. The molecule has 136 valence electrons. The molecule has 0 spiro atoms. The van der Waals surface area contributed by atoms with Gasteiger partial charge in [0.1, 0.15) is 11.4 Å². The Bertz CT molecular complexity index is 564. The van der Waals surface area contributed by atoms with E-state index in [1.54, 1.807) is 0 Å². The van der Waals surface area contributed by atoms with E-state index in [1.165, 1.54) is 11.3 Å². The van der Waals surface area contributed by atoms with Crippen LogP contribution in [0, 0.1) is 5.41 Å². The maximum Gasteiger partial charge on any atom is 0.407 e. The highest BCUT2D eigenvalue weighted by molar-refractivity contribution is 5.86. The van der Waals surface area contributed by atoms with Gasteiger partial charge in [-0.3, -0.25) is 4.99 Å². The molecule has 5 heteroatoms. The summed E-state index contributed by atoms with van der Waals surface area (Å²) < 4.78 is 5.41. The third kappa shape index (κ3) is 4.11. The van der Waals surface area contributed by atoms with Gasteiger partial charge in [0.2, 0.25) is 0 Å². The van der Waals surface area contributed by atoms with E-state index in [1.807, 2.05) is 20.8 Å². The zero-order valence-corrected chi connectivity index (χ0v) is 16.5. The number of fused-ring (bicyclic) bond motifs is 1. The van der Waals surface area contributed by atoms with Crippen molar-refractivity contribution in [1.82, 2.24) is 10.2 Å². The number of amidine groups is 1. The highest BCUT2D eigenvalue weighted by Gasteiger charge is 2.39. The van der Waals surface area contributed by atoms with E-state index in [0.29, 0.717) is 0 Å². The van der Waals surface area contributed by atoms with E-state index in [-0.39, 0.29) is 23.6 Å². The Kier molecular flexibility index (Phi) is 5.03. The largest absolute Gasteiger partial charge is 0.444 e. The second kappa shape index (κ2) is 6.41. The van der Waals surface area contributed by atoms with Crippen molar-refractivity contribution in [3.8, 4) is 0 Å². The van der Waals surface area contributed by atoms with Gasteiger partial charge in [-0.15, -0.1) is 0 Å². The van der Waals surface area contributed by atoms with Crippen molar-refractivity contribution in [1.29, 1.82) is 0 Å². The lowest BCUT2D eigenvalue weighted by molar-refractivity contribution is 0.0507. The molecule has 24 heavy (non-hydrogen) atoms. The zero-order chi connectivity index (χ0) is 18.3. The van der Waals surface area contributed by atoms with Crippen LogP contribution >= 0.6 is 0 Å². The third-order valence-corrected chi connectivity index (χ3v) is 4.40. The van der Waals surface area contributed by atoms with E-state index in [4.69, 9.17) is 9.73 Å². The number of hydrogen-bond acceptors (Lipinski definition) is 4. The fourth-order valence-corrected chi connectivity index (χ4v) is 3.77. The Morgan fingerprint density at radius 1 is 1.29 bits per heavy atom. The molecule has 5 nitrogen and oxygen atoms in total. The predicted molar refractivity (Wildman–Crippen MR) is 98.1 cm³/mol. The maximum absolute atomic E-state index is 12.1. The maximum atomic E-state index is 12.1. The van der Waals surface area contributed by atoms with Crippen molar-refractivity contribution < 1.29 is 9.53 Å². The summed E-state index contributed by atoms with van der Waals surface area (Å²) in [5.41, 5.74) is 2.31. The van der Waals surface area contributed by atoms with Crippen molar-refractivity contribution in [2.75, 3.05) is 6.54 Å². The minimum absolute atomic E-state index is 0.0641. The summed E-state index contributed by atoms with van der Waals surface area (Å²) in [4.78, 5) is 19.3. The molecule has 2 atom stereocenters. The first-order chi connectivity index (χ1) is 10.9. The number of alkyl carbamates (subject to hydrolysis) is 1. The lowest BCUT2D eigenvalue weighted by Gasteiger charge is -2.37. The number of rotatable bonds is 2. The molecule has 2 aliphatic heterocycles. The molecule has 0 unspecified atom stereocenters. The average Bonchev–Trinajstić information content (AvgIpc) is 2.75. The third-order valence-electron chi connectivity index (χ3n) is 4.40. The van der Waals surface area contributed by atoms with Gasteiger partial charge < -0.3 is 15.0 Å². The van der Waals surface area contributed by atoms with Gasteiger partial charge in [-0.2, -0.15) is 0 Å². The Labute approximate surface area is 146 Å². The number of ether oxygens (including phenoxy) is 1. The molecule has 1 saturated heterocycles. The van der Waals surface area contributed by atoms with E-state index < -0.39 is 5.60 Å². The molecule has 2 rings (SSSR count). The minimum atomic E-state index is -0.476. The SMILES string of the molecule is CCC1=N[C@@H](C)C(C(C)(C)C)=C2C[C@H](NC(=O)OC(C)(C)C)CN12. The molecule has 0 aromatic heterocycles. The second-order valence-corrected chi connectivity index (χ2v) is 8.84. The Morgan fingerprint density at radius 2 is 1.92 bits per heavy atom. The zero-order valence-electron chi connectivity index (χ0n) is 16.5. The van der Waals surface area contributed by atoms with Gasteiger partial charge >= 0.3 is 6.09 Å². The molecule has 1 fully saturated rings. The van der Waals surface area contributed by atoms with Crippen LogP contribution in [0.4, 0.5) is 4.79 Å². The molecule has 0 bridgehead atoms. The van der Waals surface area contributed by atoms with Gasteiger partial charge in [0, 0.05) is 25.1 Å². The Balaban J connectivity index is 2.22. The van der Waals surface area contributed by atoms with Gasteiger partial charge in [0.05, 0.1) is 12.1 Å². The highest BCUT2D eigenvalue weighted by Crippen LogP contribution is 2.40. The van der Waals surface area contributed by atoms with Crippen molar-refractivity contribution in [3.63, 3.8) is 0 Å². The molecule has 0 aliphatic carbocycles. The minimum Gasteiger partial charge on any atom is -0.444 e. The van der Waals surface area contributed by atoms with Crippen molar-refractivity contribution in [2.45, 2.75) is 85.9 Å². The second-order valence-electron chi connectivity index (χ2n) is 8.84. The van der Waals surface area contributed by atoms with Gasteiger partial charge in [-0.25, -0.2) is 4.79 Å². The van der Waals surface area contributed by atoms with Gasteiger partial charge in [0.25, 0.3) is 0 Å². The molecule has 2 aliphatic rings. The van der Waals surface area contributed by atoms with E-state index in [0.717, 1.165) is 25.2 Å². The molecule has 0 radical (unpaired) electrons. The van der Waals surface area contributed by atoms with Crippen molar-refractivity contribution in [3.05, 3.63) is 11.3 Å². The van der Waals surface area contributed by atoms with E-state index in [9.17, 15) is 4.79 Å². The summed E-state index contributed by atoms with van der Waals surface area (Å²) in [5, 5.41) is 3.03. The van der Waals surface area contributed by atoms with Crippen molar-refractivity contribution in [2.24, 2.45) is 10.4 Å². The van der Waals surface area contributed by atoms with Crippen LogP contribution in [0.3, 0.4) is 0 Å². The standard InChI is InChI=1S/C19H33N3O2/c1-9-15-20-12(2)16(18(3,4)5)14-10-13(11-22(14)15)21-17(23)24-19(6,7)8/h12-13H,9-11H2,1-8H3,(H,21,23)/t12-,13-/m0/s1. The quantitative estimate of drug-likeness (QED) is 0.826. The van der Waals surface area contributed by atoms with Crippen molar-refractivity contribution >= 4 is 11.9 Å². The van der Waals surface area contributed by atoms with Gasteiger partial charge in [0.15, 0.2) is 0 Å². The van der Waals surface area contributed by atoms with Crippen LogP contribution in [0.25, 0.3) is 0 Å². The molecule has 0 aromatic carbocycles. The first-order valence-electron chi connectivity index (χ1n) is 8.99. The average molecular weight is 335 g/mol. The summed E-state index contributed by atoms with van der Waals surface area (Å²) >= 11 is 0. The number of nitrogens with zero attached hydrogens (tertiary/aromatic N) is 2. The van der Waals surface area contributed by atoms with Crippen LogP contribution in [0.2, 0.25) is 0 Å². The van der Waals surface area contributed by atoms with Crippen LogP contribution in [-0.2, 0) is 4.74 Å². The number of nitrogens with one attached hydrogen (secondary N) is 1. The molecule has 0 saturated carbocycles. The first kappa shape index (κ1) is 18.8. The van der Waals surface area contributed by atoms with Crippen LogP contribution in [0.1, 0.15) is 68.2 Å². The topological polar surface area (TPSA) is 53.9 Å². The first-order valence-corrected chi connectivity index (χ1v) is 8.99. The lowest BCUT2D eigenvalue weighted by atomic mass is 9.80. The Hall–Kier alpha value is -1.52. The molecular weight excluding hydrogens is 302 g/mol. The lowest BCUT2D eigenvalue weighted by Crippen LogP contribution is -2.42. The number of carbonyl (C=O) groups is 1. The summed E-state index contributed by atoms with van der Waals surface area (Å²) in [6, 6.07) is 0.265. The smallest absolute Gasteiger partial charge is 0.407 e. The van der Waals surface area contributed by atoms with Crippen LogP contribution in [-0.4, -0.2) is 41.1 Å². The molecule has 0 aromatic rings. The Morgan fingerprint density at radius 3 is 2.42 bits per heavy atom. The monoisotopic (exact) mass is 335 g/mol. The van der Waals surface area contributed by atoms with Gasteiger partial charge in [-0.1, -0.05) is 27.7 Å². The van der Waals surface area contributed by atoms with Gasteiger partial charge in [-0.05, 0) is 38.7 Å². The summed E-state index contributed by atoms with van der Waals surface area (Å²) in [6.07, 6.45) is 1.41. The fourth-order valence-electron chi connectivity index (χ4n) is 3.77. The molecule has 1 N–H and O–H groups in total. The summed E-state index contributed by atoms with van der Waals surface area (Å²) in [7, 11) is 0. The number of hydrogen-bond donors (Lipinski definition) is 1. The highest BCUT2D eigenvalue weighted by atomic mass is 16.6. The molecular formula is C19H33N3O2. The van der Waals surface area contributed by atoms with Crippen LogP contribution < -0.4 is 5.32 Å². The summed E-state index contributed by atoms with van der Waals surface area (Å²) in [5.74, 6) is 1.12.